The van der Waals surface area contributed by atoms with Gasteiger partial charge >= 0.3 is 0 Å². The molecule has 29 heavy (non-hydrogen) atoms. The molecule has 7 heteroatoms. The lowest BCUT2D eigenvalue weighted by atomic mass is 9.83. The van der Waals surface area contributed by atoms with Crippen LogP contribution >= 0.6 is 22.7 Å². The Labute approximate surface area is 176 Å². The van der Waals surface area contributed by atoms with Gasteiger partial charge in [0.1, 0.15) is 5.01 Å². The normalized spacial score (nSPS) is 18.8. The van der Waals surface area contributed by atoms with E-state index in [-0.39, 0.29) is 17.7 Å². The topological polar surface area (TPSA) is 67.8 Å². The number of fused-ring (bicyclic) bond motifs is 1. The van der Waals surface area contributed by atoms with Crippen molar-refractivity contribution in [1.29, 1.82) is 0 Å². The molecule has 0 saturated carbocycles. The number of benzene rings is 2. The lowest BCUT2D eigenvalue weighted by Gasteiger charge is -2.25. The van der Waals surface area contributed by atoms with Gasteiger partial charge in [-0.2, -0.15) is 0 Å². The Balaban J connectivity index is 1.36. The molecule has 2 atom stereocenters. The number of para-hydroxylation sites is 1. The van der Waals surface area contributed by atoms with Gasteiger partial charge in [0.05, 0.1) is 21.1 Å². The van der Waals surface area contributed by atoms with E-state index in [2.05, 4.69) is 33.7 Å². The monoisotopic (exact) mass is 418 g/mol. The van der Waals surface area contributed by atoms with Gasteiger partial charge in [0.25, 0.3) is 0 Å². The predicted molar refractivity (Wildman–Crippen MR) is 118 cm³/mol. The Kier molecular flexibility index (Phi) is 4.91. The van der Waals surface area contributed by atoms with Gasteiger partial charge in [-0.15, -0.1) is 21.5 Å². The second kappa shape index (κ2) is 7.85. The summed E-state index contributed by atoms with van der Waals surface area (Å²) in [6.45, 7) is 0. The van der Waals surface area contributed by atoms with Crippen LogP contribution in [0.2, 0.25) is 0 Å². The minimum absolute atomic E-state index is 0.0191. The van der Waals surface area contributed by atoms with Gasteiger partial charge in [0.15, 0.2) is 0 Å². The highest BCUT2D eigenvalue weighted by atomic mass is 32.1. The highest BCUT2D eigenvalue weighted by Gasteiger charge is 2.32. The second-order valence-electron chi connectivity index (χ2n) is 6.94. The lowest BCUT2D eigenvalue weighted by molar-refractivity contribution is -0.120. The van der Waals surface area contributed by atoms with E-state index >= 15 is 0 Å². The molecule has 1 N–H and O–H groups in total. The van der Waals surface area contributed by atoms with Gasteiger partial charge in [-0.05, 0) is 25.0 Å². The smallest absolute Gasteiger partial charge is 0.230 e. The fraction of sp³-hybridized carbons (Fsp3) is 0.182. The summed E-state index contributed by atoms with van der Waals surface area (Å²) in [6.07, 6.45) is 5.77. The number of allylic oxidation sites excluding steroid dienone is 2. The number of amides is 1. The first kappa shape index (κ1) is 18.1. The lowest BCUT2D eigenvalue weighted by Crippen LogP contribution is -2.29. The summed E-state index contributed by atoms with van der Waals surface area (Å²) in [6, 6.07) is 18.0. The van der Waals surface area contributed by atoms with Gasteiger partial charge < -0.3 is 5.32 Å². The number of hydrogen-bond acceptors (Lipinski definition) is 6. The third kappa shape index (κ3) is 3.71. The molecule has 0 fully saturated rings. The van der Waals surface area contributed by atoms with Crippen molar-refractivity contribution in [3.8, 4) is 10.6 Å². The summed E-state index contributed by atoms with van der Waals surface area (Å²) in [5, 5.41) is 13.7. The van der Waals surface area contributed by atoms with Gasteiger partial charge in [0.2, 0.25) is 11.0 Å². The molecule has 2 aromatic carbocycles. The SMILES string of the molecule is O=C(Nc1nnc(-c2ccccc2)s1)C1CC=CCC1c1nc2ccccc2s1. The van der Waals surface area contributed by atoms with Crippen LogP contribution in [-0.4, -0.2) is 21.1 Å². The maximum Gasteiger partial charge on any atom is 0.230 e. The van der Waals surface area contributed by atoms with Crippen molar-refractivity contribution in [2.45, 2.75) is 18.8 Å². The zero-order valence-electron chi connectivity index (χ0n) is 15.5. The van der Waals surface area contributed by atoms with Gasteiger partial charge in [0, 0.05) is 11.5 Å². The molecular weight excluding hydrogens is 400 g/mol. The molecule has 144 valence electrons. The first-order valence-electron chi connectivity index (χ1n) is 9.48. The van der Waals surface area contributed by atoms with Gasteiger partial charge in [-0.25, -0.2) is 4.98 Å². The molecule has 0 aliphatic heterocycles. The Morgan fingerprint density at radius 3 is 2.59 bits per heavy atom. The van der Waals surface area contributed by atoms with Crippen molar-refractivity contribution in [1.82, 2.24) is 15.2 Å². The fourth-order valence-electron chi connectivity index (χ4n) is 3.59. The highest BCUT2D eigenvalue weighted by molar-refractivity contribution is 7.19. The molecule has 0 spiro atoms. The highest BCUT2D eigenvalue weighted by Crippen LogP contribution is 2.39. The predicted octanol–water partition coefficient (Wildman–Crippen LogP) is 5.50. The Morgan fingerprint density at radius 2 is 1.72 bits per heavy atom. The molecule has 0 saturated heterocycles. The molecule has 5 rings (SSSR count). The number of carbonyl (C=O) groups is 1. The van der Waals surface area contributed by atoms with E-state index in [0.717, 1.165) is 32.2 Å². The minimum atomic E-state index is -0.162. The van der Waals surface area contributed by atoms with Crippen LogP contribution in [0.4, 0.5) is 5.13 Å². The van der Waals surface area contributed by atoms with Crippen LogP contribution < -0.4 is 5.32 Å². The number of nitrogens with one attached hydrogen (secondary N) is 1. The third-order valence-electron chi connectivity index (χ3n) is 5.07. The maximum absolute atomic E-state index is 13.1. The van der Waals surface area contributed by atoms with E-state index in [4.69, 9.17) is 4.98 Å². The van der Waals surface area contributed by atoms with Crippen molar-refractivity contribution >= 4 is 43.9 Å². The molecule has 1 aliphatic carbocycles. The van der Waals surface area contributed by atoms with Crippen LogP contribution in [0.15, 0.2) is 66.7 Å². The Morgan fingerprint density at radius 1 is 0.931 bits per heavy atom. The number of nitrogens with zero attached hydrogens (tertiary/aromatic N) is 3. The molecule has 4 aromatic rings. The Hall–Kier alpha value is -2.90. The Bertz CT molecular complexity index is 1150. The molecule has 1 amide bonds. The molecule has 1 aliphatic rings. The molecular formula is C22H18N4OS2. The van der Waals surface area contributed by atoms with E-state index in [9.17, 15) is 4.79 Å². The number of anilines is 1. The van der Waals surface area contributed by atoms with Gasteiger partial charge in [-0.1, -0.05) is 66.0 Å². The summed E-state index contributed by atoms with van der Waals surface area (Å²) in [4.78, 5) is 17.9. The van der Waals surface area contributed by atoms with Crippen LogP contribution in [0.1, 0.15) is 23.8 Å². The van der Waals surface area contributed by atoms with E-state index < -0.39 is 0 Å². The van der Waals surface area contributed by atoms with Crippen molar-refractivity contribution in [2.75, 3.05) is 5.32 Å². The van der Waals surface area contributed by atoms with E-state index in [0.29, 0.717) is 11.6 Å². The second-order valence-corrected chi connectivity index (χ2v) is 8.98. The zero-order valence-corrected chi connectivity index (χ0v) is 17.1. The summed E-state index contributed by atoms with van der Waals surface area (Å²) in [5.41, 5.74) is 2.00. The summed E-state index contributed by atoms with van der Waals surface area (Å²) in [7, 11) is 0. The largest absolute Gasteiger partial charge is 0.300 e. The maximum atomic E-state index is 13.1. The number of carbonyl (C=O) groups excluding carboxylic acids is 1. The van der Waals surface area contributed by atoms with Crippen LogP contribution in [0.5, 0.6) is 0 Å². The first-order chi connectivity index (χ1) is 14.3. The zero-order chi connectivity index (χ0) is 19.6. The number of rotatable bonds is 4. The summed E-state index contributed by atoms with van der Waals surface area (Å²) < 4.78 is 1.16. The van der Waals surface area contributed by atoms with Crippen molar-refractivity contribution < 1.29 is 4.79 Å². The van der Waals surface area contributed by atoms with E-state index in [1.54, 1.807) is 11.3 Å². The quantitative estimate of drug-likeness (QED) is 0.444. The van der Waals surface area contributed by atoms with Crippen molar-refractivity contribution in [3.05, 3.63) is 71.8 Å². The fourth-order valence-corrected chi connectivity index (χ4v) is 5.49. The van der Waals surface area contributed by atoms with E-state index in [1.165, 1.54) is 11.3 Å². The molecule has 0 bridgehead atoms. The van der Waals surface area contributed by atoms with Crippen LogP contribution in [0.25, 0.3) is 20.8 Å². The standard InChI is InChI=1S/C22H18N4OS2/c27-19(24-22-26-25-20(29-22)14-8-2-1-3-9-14)15-10-4-5-11-16(15)21-23-17-12-6-7-13-18(17)28-21/h1-9,12-13,15-16H,10-11H2,(H,24,26,27). The molecule has 2 aromatic heterocycles. The van der Waals surface area contributed by atoms with Crippen molar-refractivity contribution in [3.63, 3.8) is 0 Å². The van der Waals surface area contributed by atoms with Gasteiger partial charge in [-0.3, -0.25) is 4.79 Å². The van der Waals surface area contributed by atoms with E-state index in [1.807, 2.05) is 48.5 Å². The first-order valence-corrected chi connectivity index (χ1v) is 11.1. The van der Waals surface area contributed by atoms with Crippen molar-refractivity contribution in [2.24, 2.45) is 5.92 Å². The van der Waals surface area contributed by atoms with Crippen LogP contribution in [0.3, 0.4) is 0 Å². The number of thiazole rings is 1. The average Bonchev–Trinajstić information content (AvgIpc) is 3.41. The average molecular weight is 419 g/mol. The molecule has 0 radical (unpaired) electrons. The molecule has 2 heterocycles. The summed E-state index contributed by atoms with van der Waals surface area (Å²) in [5.74, 6) is -0.0991. The van der Waals surface area contributed by atoms with Crippen LogP contribution in [0, 0.1) is 5.92 Å². The minimum Gasteiger partial charge on any atom is -0.300 e. The third-order valence-corrected chi connectivity index (χ3v) is 7.13. The number of hydrogen-bond donors (Lipinski definition) is 1. The molecule has 2 unspecified atom stereocenters. The number of aromatic nitrogens is 3. The van der Waals surface area contributed by atoms with Crippen LogP contribution in [-0.2, 0) is 4.79 Å². The molecule has 5 nitrogen and oxygen atoms in total. The summed E-state index contributed by atoms with van der Waals surface area (Å²) >= 11 is 3.08.